The summed E-state index contributed by atoms with van der Waals surface area (Å²) in [4.78, 5) is 47.1. The van der Waals surface area contributed by atoms with Crippen LogP contribution in [0.2, 0.25) is 0 Å². The summed E-state index contributed by atoms with van der Waals surface area (Å²) in [6.07, 6.45) is 3.86. The number of amides is 2. The zero-order chi connectivity index (χ0) is 12.8. The second-order valence-electron chi connectivity index (χ2n) is 3.05. The van der Waals surface area contributed by atoms with E-state index in [9.17, 15) is 19.2 Å². The summed E-state index contributed by atoms with van der Waals surface area (Å²) in [7, 11) is 0. The zero-order valence-electron chi connectivity index (χ0n) is 9.10. The highest BCUT2D eigenvalue weighted by molar-refractivity contribution is 6.12. The zero-order valence-corrected chi connectivity index (χ0v) is 9.10. The van der Waals surface area contributed by atoms with Gasteiger partial charge in [0.05, 0.1) is 0 Å². The maximum atomic E-state index is 10.6. The number of carbonyl (C=O) groups excluding carboxylic acids is 2. The minimum absolute atomic E-state index is 0.206. The molecular formula is C10H11N3O4. The van der Waals surface area contributed by atoms with Crippen LogP contribution in [0.1, 0.15) is 6.92 Å². The number of likely N-dealkylation sites (N-methyl/N-ethyl adjacent to an activating group) is 1. The summed E-state index contributed by atoms with van der Waals surface area (Å²) < 4.78 is 0. The molecule has 0 fully saturated rings. The maximum Gasteiger partial charge on any atom is 0.325 e. The van der Waals surface area contributed by atoms with Crippen LogP contribution >= 0.6 is 0 Å². The van der Waals surface area contributed by atoms with Crippen molar-refractivity contribution in [1.29, 1.82) is 0 Å². The number of carbonyl (C=O) groups is 2. The Morgan fingerprint density at radius 3 is 2.00 bits per heavy atom. The third-order valence-corrected chi connectivity index (χ3v) is 1.90. The van der Waals surface area contributed by atoms with Crippen LogP contribution in [0, 0.1) is 0 Å². The summed E-state index contributed by atoms with van der Waals surface area (Å²) in [5, 5.41) is 0. The fraction of sp³-hybridized carbons (Fsp3) is 0.200. The molecule has 2 rings (SSSR count). The number of aromatic nitrogens is 2. The Hall–Kier alpha value is -2.44. The van der Waals surface area contributed by atoms with Crippen LogP contribution in [0.25, 0.3) is 0 Å². The summed E-state index contributed by atoms with van der Waals surface area (Å²) in [5.74, 6) is -0.412. The van der Waals surface area contributed by atoms with E-state index in [0.29, 0.717) is 6.54 Å². The lowest BCUT2D eigenvalue weighted by molar-refractivity contribution is -0.136. The molecule has 1 aliphatic heterocycles. The van der Waals surface area contributed by atoms with Crippen LogP contribution in [0.4, 0.5) is 0 Å². The SMILES string of the molecule is CCN1C(=O)C=CC1=O.O=c1cc[nH]c(=O)[nH]1. The molecule has 1 aromatic rings. The monoisotopic (exact) mass is 237 g/mol. The minimum Gasteiger partial charge on any atom is -0.314 e. The molecule has 1 aliphatic rings. The number of nitrogens with zero attached hydrogens (tertiary/aromatic N) is 1. The average molecular weight is 237 g/mol. The van der Waals surface area contributed by atoms with Gasteiger partial charge in [-0.2, -0.15) is 0 Å². The number of hydrogen-bond acceptors (Lipinski definition) is 4. The van der Waals surface area contributed by atoms with Gasteiger partial charge in [-0.3, -0.25) is 24.3 Å². The van der Waals surface area contributed by atoms with Crippen molar-refractivity contribution in [3.8, 4) is 0 Å². The molecule has 0 saturated heterocycles. The van der Waals surface area contributed by atoms with E-state index >= 15 is 0 Å². The number of imide groups is 1. The van der Waals surface area contributed by atoms with Crippen molar-refractivity contribution in [3.63, 3.8) is 0 Å². The molecule has 2 amide bonds. The molecular weight excluding hydrogens is 226 g/mol. The summed E-state index contributed by atoms with van der Waals surface area (Å²) >= 11 is 0. The maximum absolute atomic E-state index is 10.6. The lowest BCUT2D eigenvalue weighted by Crippen LogP contribution is -2.29. The Morgan fingerprint density at radius 1 is 1.12 bits per heavy atom. The van der Waals surface area contributed by atoms with E-state index < -0.39 is 5.69 Å². The van der Waals surface area contributed by atoms with Gasteiger partial charge >= 0.3 is 5.69 Å². The highest BCUT2D eigenvalue weighted by Gasteiger charge is 2.20. The minimum atomic E-state index is -0.475. The van der Waals surface area contributed by atoms with E-state index in [4.69, 9.17) is 0 Å². The smallest absolute Gasteiger partial charge is 0.314 e. The molecule has 7 nitrogen and oxygen atoms in total. The number of aromatic amines is 2. The lowest BCUT2D eigenvalue weighted by atomic mass is 10.5. The molecule has 0 radical (unpaired) electrons. The number of nitrogens with one attached hydrogen (secondary N) is 2. The quantitative estimate of drug-likeness (QED) is 0.611. The van der Waals surface area contributed by atoms with E-state index in [0.717, 1.165) is 0 Å². The predicted molar refractivity (Wildman–Crippen MR) is 59.2 cm³/mol. The molecule has 0 atom stereocenters. The van der Waals surface area contributed by atoms with Gasteiger partial charge in [0.25, 0.3) is 17.4 Å². The van der Waals surface area contributed by atoms with Gasteiger partial charge in [-0.1, -0.05) is 0 Å². The number of H-pyrrole nitrogens is 2. The van der Waals surface area contributed by atoms with E-state index in [1.165, 1.54) is 29.3 Å². The van der Waals surface area contributed by atoms with Crippen molar-refractivity contribution in [3.05, 3.63) is 45.3 Å². The molecule has 1 aromatic heterocycles. The largest absolute Gasteiger partial charge is 0.325 e. The fourth-order valence-electron chi connectivity index (χ4n) is 1.13. The Morgan fingerprint density at radius 2 is 1.71 bits per heavy atom. The topological polar surface area (TPSA) is 103 Å². The Labute approximate surface area is 95.8 Å². The Kier molecular flexibility index (Phi) is 4.15. The summed E-state index contributed by atoms with van der Waals surface area (Å²) in [5.41, 5.74) is -0.855. The van der Waals surface area contributed by atoms with Crippen LogP contribution in [0.15, 0.2) is 34.0 Å². The van der Waals surface area contributed by atoms with Gasteiger partial charge in [-0.05, 0) is 6.92 Å². The van der Waals surface area contributed by atoms with Gasteiger partial charge in [0, 0.05) is 31.0 Å². The van der Waals surface area contributed by atoms with Gasteiger partial charge < -0.3 is 4.98 Å². The second kappa shape index (κ2) is 5.59. The molecule has 90 valence electrons. The molecule has 0 spiro atoms. The highest BCUT2D eigenvalue weighted by Crippen LogP contribution is 2.00. The second-order valence-corrected chi connectivity index (χ2v) is 3.05. The molecule has 2 heterocycles. The van der Waals surface area contributed by atoms with Crippen LogP contribution < -0.4 is 11.2 Å². The van der Waals surface area contributed by atoms with Crippen molar-refractivity contribution in [2.24, 2.45) is 0 Å². The van der Waals surface area contributed by atoms with Gasteiger partial charge in [-0.15, -0.1) is 0 Å². The third kappa shape index (κ3) is 3.56. The first-order valence-corrected chi connectivity index (χ1v) is 4.86. The Bertz CT molecular complexity index is 512. The average Bonchev–Trinajstić information content (AvgIpc) is 2.58. The first-order valence-electron chi connectivity index (χ1n) is 4.86. The third-order valence-electron chi connectivity index (χ3n) is 1.90. The summed E-state index contributed by atoms with van der Waals surface area (Å²) in [6.45, 7) is 2.23. The molecule has 17 heavy (non-hydrogen) atoms. The standard InChI is InChI=1S/C6H7NO2.C4H4N2O2/c1-2-7-5(8)3-4-6(7)9;7-3-1-2-5-4(8)6-3/h3-4H,2H2,1H3;1-2H,(H2,5,6,7,8). The fourth-order valence-corrected chi connectivity index (χ4v) is 1.13. The van der Waals surface area contributed by atoms with Crippen LogP contribution in [-0.2, 0) is 9.59 Å². The van der Waals surface area contributed by atoms with E-state index in [2.05, 4.69) is 4.98 Å². The number of rotatable bonds is 1. The van der Waals surface area contributed by atoms with Crippen molar-refractivity contribution in [1.82, 2.24) is 14.9 Å². The first kappa shape index (κ1) is 12.6. The molecule has 0 unspecified atom stereocenters. The van der Waals surface area contributed by atoms with Crippen molar-refractivity contribution >= 4 is 11.8 Å². The molecule has 7 heteroatoms. The molecule has 0 bridgehead atoms. The lowest BCUT2D eigenvalue weighted by Gasteiger charge is -2.08. The van der Waals surface area contributed by atoms with E-state index in [-0.39, 0.29) is 17.4 Å². The van der Waals surface area contributed by atoms with Gasteiger partial charge in [0.15, 0.2) is 0 Å². The van der Waals surface area contributed by atoms with Gasteiger partial charge in [0.2, 0.25) is 0 Å². The Balaban J connectivity index is 0.000000171. The van der Waals surface area contributed by atoms with Crippen LogP contribution in [0.3, 0.4) is 0 Å². The van der Waals surface area contributed by atoms with Crippen molar-refractivity contribution in [2.45, 2.75) is 6.92 Å². The van der Waals surface area contributed by atoms with Gasteiger partial charge in [-0.25, -0.2) is 4.79 Å². The van der Waals surface area contributed by atoms with E-state index in [1.807, 2.05) is 4.98 Å². The molecule has 0 aliphatic carbocycles. The van der Waals surface area contributed by atoms with Gasteiger partial charge in [0.1, 0.15) is 0 Å². The van der Waals surface area contributed by atoms with Crippen LogP contribution in [0.5, 0.6) is 0 Å². The first-order chi connectivity index (χ1) is 8.04. The van der Waals surface area contributed by atoms with Crippen LogP contribution in [-0.4, -0.2) is 33.2 Å². The summed E-state index contributed by atoms with van der Waals surface area (Å²) in [6, 6.07) is 1.24. The predicted octanol–water partition coefficient (Wildman–Crippen LogP) is -1.01. The highest BCUT2D eigenvalue weighted by atomic mass is 16.2. The normalized spacial score (nSPS) is 13.6. The molecule has 0 aromatic carbocycles. The molecule has 2 N–H and O–H groups in total. The van der Waals surface area contributed by atoms with Crippen molar-refractivity contribution < 1.29 is 9.59 Å². The van der Waals surface area contributed by atoms with E-state index in [1.54, 1.807) is 6.92 Å². The molecule has 0 saturated carbocycles. The number of hydrogen-bond donors (Lipinski definition) is 2. The van der Waals surface area contributed by atoms with Crippen molar-refractivity contribution in [2.75, 3.05) is 6.54 Å².